The predicted molar refractivity (Wildman–Crippen MR) is 76.4 cm³/mol. The lowest BCUT2D eigenvalue weighted by atomic mass is 9.95. The maximum atomic E-state index is 12.1. The third kappa shape index (κ3) is 2.59. The molecule has 0 bridgehead atoms. The zero-order chi connectivity index (χ0) is 14.7. The number of rotatable bonds is 4. The SMILES string of the molecule is CCC(=O)c1cc(OC)ccc1-c1ccc(O)cc1O. The van der Waals surface area contributed by atoms with E-state index in [1.807, 2.05) is 0 Å². The molecular formula is C16H16O4. The summed E-state index contributed by atoms with van der Waals surface area (Å²) in [5, 5.41) is 19.3. The van der Waals surface area contributed by atoms with Crippen molar-refractivity contribution >= 4 is 5.78 Å². The van der Waals surface area contributed by atoms with Gasteiger partial charge in [0, 0.05) is 23.6 Å². The minimum atomic E-state index is -0.0691. The van der Waals surface area contributed by atoms with Gasteiger partial charge in [-0.25, -0.2) is 0 Å². The number of benzene rings is 2. The van der Waals surface area contributed by atoms with Crippen molar-refractivity contribution < 1.29 is 19.7 Å². The number of carbonyl (C=O) groups excluding carboxylic acids is 1. The van der Waals surface area contributed by atoms with Gasteiger partial charge in [0.1, 0.15) is 17.2 Å². The highest BCUT2D eigenvalue weighted by atomic mass is 16.5. The second-order valence-corrected chi connectivity index (χ2v) is 4.39. The Bertz CT molecular complexity index is 647. The molecule has 2 N–H and O–H groups in total. The van der Waals surface area contributed by atoms with Crippen LogP contribution in [0.4, 0.5) is 0 Å². The van der Waals surface area contributed by atoms with Crippen molar-refractivity contribution in [2.75, 3.05) is 7.11 Å². The third-order valence-electron chi connectivity index (χ3n) is 3.12. The van der Waals surface area contributed by atoms with E-state index in [9.17, 15) is 15.0 Å². The minimum Gasteiger partial charge on any atom is -0.508 e. The molecule has 20 heavy (non-hydrogen) atoms. The molecule has 2 aromatic rings. The summed E-state index contributed by atoms with van der Waals surface area (Å²) in [4.78, 5) is 12.1. The standard InChI is InChI=1S/C16H16O4/c1-3-15(18)14-9-11(20-2)5-7-12(14)13-6-4-10(17)8-16(13)19/h4-9,17,19H,3H2,1-2H3. The fraction of sp³-hybridized carbons (Fsp3) is 0.188. The number of Topliss-reactive ketones (excluding diaryl/α,β-unsaturated/α-hetero) is 1. The van der Waals surface area contributed by atoms with E-state index in [-0.39, 0.29) is 17.3 Å². The van der Waals surface area contributed by atoms with Crippen molar-refractivity contribution in [1.29, 1.82) is 0 Å². The fourth-order valence-electron chi connectivity index (χ4n) is 2.05. The van der Waals surface area contributed by atoms with E-state index in [0.717, 1.165) is 0 Å². The van der Waals surface area contributed by atoms with Crippen molar-refractivity contribution in [3.63, 3.8) is 0 Å². The summed E-state index contributed by atoms with van der Waals surface area (Å²) >= 11 is 0. The second kappa shape index (κ2) is 5.65. The van der Waals surface area contributed by atoms with Gasteiger partial charge in [0.05, 0.1) is 7.11 Å². The summed E-state index contributed by atoms with van der Waals surface area (Å²) in [5.74, 6) is 0.457. The summed E-state index contributed by atoms with van der Waals surface area (Å²) in [6.45, 7) is 1.78. The highest BCUT2D eigenvalue weighted by molar-refractivity contribution is 6.03. The van der Waals surface area contributed by atoms with Gasteiger partial charge >= 0.3 is 0 Å². The first-order chi connectivity index (χ1) is 9.56. The van der Waals surface area contributed by atoms with Crippen molar-refractivity contribution in [1.82, 2.24) is 0 Å². The minimum absolute atomic E-state index is 0.0249. The number of phenols is 2. The van der Waals surface area contributed by atoms with Crippen molar-refractivity contribution in [3.8, 4) is 28.4 Å². The lowest BCUT2D eigenvalue weighted by Crippen LogP contribution is -2.00. The Kier molecular flexibility index (Phi) is 3.94. The van der Waals surface area contributed by atoms with Gasteiger partial charge in [0.2, 0.25) is 0 Å². The Morgan fingerprint density at radius 2 is 1.80 bits per heavy atom. The molecule has 104 valence electrons. The summed E-state index contributed by atoms with van der Waals surface area (Å²) in [5.41, 5.74) is 1.62. The quantitative estimate of drug-likeness (QED) is 0.837. The molecule has 2 aromatic carbocycles. The first-order valence-corrected chi connectivity index (χ1v) is 6.30. The van der Waals surface area contributed by atoms with Gasteiger partial charge in [-0.2, -0.15) is 0 Å². The number of ketones is 1. The van der Waals surface area contributed by atoms with Crippen molar-refractivity contribution in [2.24, 2.45) is 0 Å². The molecule has 0 aliphatic rings. The van der Waals surface area contributed by atoms with E-state index in [4.69, 9.17) is 4.74 Å². The van der Waals surface area contributed by atoms with Crippen LogP contribution in [0.1, 0.15) is 23.7 Å². The van der Waals surface area contributed by atoms with Gasteiger partial charge in [0.25, 0.3) is 0 Å². The largest absolute Gasteiger partial charge is 0.508 e. The van der Waals surface area contributed by atoms with Gasteiger partial charge in [-0.15, -0.1) is 0 Å². The molecule has 0 saturated heterocycles. The fourth-order valence-corrected chi connectivity index (χ4v) is 2.05. The van der Waals surface area contributed by atoms with Gasteiger partial charge < -0.3 is 14.9 Å². The monoisotopic (exact) mass is 272 g/mol. The van der Waals surface area contributed by atoms with Crippen molar-refractivity contribution in [2.45, 2.75) is 13.3 Å². The van der Waals surface area contributed by atoms with E-state index in [1.165, 1.54) is 19.2 Å². The first-order valence-electron chi connectivity index (χ1n) is 6.30. The highest BCUT2D eigenvalue weighted by Crippen LogP contribution is 2.36. The van der Waals surface area contributed by atoms with Gasteiger partial charge in [-0.1, -0.05) is 6.92 Å². The molecule has 0 fully saturated rings. The van der Waals surface area contributed by atoms with Gasteiger partial charge in [-0.3, -0.25) is 4.79 Å². The smallest absolute Gasteiger partial charge is 0.163 e. The van der Waals surface area contributed by atoms with Crippen LogP contribution in [0.5, 0.6) is 17.2 Å². The Morgan fingerprint density at radius 1 is 1.10 bits per heavy atom. The number of carbonyl (C=O) groups is 1. The topological polar surface area (TPSA) is 66.8 Å². The molecule has 0 aliphatic heterocycles. The summed E-state index contributed by atoms with van der Waals surface area (Å²) in [7, 11) is 1.53. The van der Waals surface area contributed by atoms with Crippen molar-refractivity contribution in [3.05, 3.63) is 42.0 Å². The average molecular weight is 272 g/mol. The first kappa shape index (κ1) is 13.9. The summed E-state index contributed by atoms with van der Waals surface area (Å²) in [6, 6.07) is 9.42. The summed E-state index contributed by atoms with van der Waals surface area (Å²) in [6.07, 6.45) is 0.360. The number of phenolic OH excluding ortho intramolecular Hbond substituents is 2. The van der Waals surface area contributed by atoms with Gasteiger partial charge in [0.15, 0.2) is 5.78 Å². The average Bonchev–Trinajstić information content (AvgIpc) is 2.46. The van der Waals surface area contributed by atoms with E-state index < -0.39 is 0 Å². The van der Waals surface area contributed by atoms with Crippen LogP contribution in [0.2, 0.25) is 0 Å². The molecular weight excluding hydrogens is 256 g/mol. The van der Waals surface area contributed by atoms with Crippen LogP contribution in [0.3, 0.4) is 0 Å². The summed E-state index contributed by atoms with van der Waals surface area (Å²) < 4.78 is 5.14. The molecule has 2 rings (SSSR count). The van der Waals surface area contributed by atoms with Crippen LogP contribution in [0, 0.1) is 0 Å². The molecule has 0 heterocycles. The molecule has 4 heteroatoms. The second-order valence-electron chi connectivity index (χ2n) is 4.39. The molecule has 0 aliphatic carbocycles. The van der Waals surface area contributed by atoms with Crippen LogP contribution in [0.15, 0.2) is 36.4 Å². The van der Waals surface area contributed by atoms with Crippen LogP contribution >= 0.6 is 0 Å². The number of aromatic hydroxyl groups is 2. The Balaban J connectivity index is 2.63. The van der Waals surface area contributed by atoms with E-state index in [0.29, 0.717) is 28.9 Å². The molecule has 0 saturated carbocycles. The van der Waals surface area contributed by atoms with Crippen LogP contribution < -0.4 is 4.74 Å². The Morgan fingerprint density at radius 3 is 2.40 bits per heavy atom. The lowest BCUT2D eigenvalue weighted by Gasteiger charge is -2.12. The maximum Gasteiger partial charge on any atom is 0.163 e. The Hall–Kier alpha value is -2.49. The molecule has 4 nitrogen and oxygen atoms in total. The number of methoxy groups -OCH3 is 1. The number of hydrogen-bond donors (Lipinski definition) is 2. The van der Waals surface area contributed by atoms with Gasteiger partial charge in [-0.05, 0) is 35.9 Å². The highest BCUT2D eigenvalue weighted by Gasteiger charge is 2.15. The predicted octanol–water partition coefficient (Wildman–Crippen LogP) is 3.37. The zero-order valence-corrected chi connectivity index (χ0v) is 11.4. The molecule has 0 spiro atoms. The molecule has 0 unspecified atom stereocenters. The third-order valence-corrected chi connectivity index (χ3v) is 3.12. The van der Waals surface area contributed by atoms with Crippen LogP contribution in [-0.2, 0) is 0 Å². The molecule has 0 radical (unpaired) electrons. The lowest BCUT2D eigenvalue weighted by molar-refractivity contribution is 0.0988. The zero-order valence-electron chi connectivity index (χ0n) is 11.4. The molecule has 0 atom stereocenters. The normalized spacial score (nSPS) is 10.3. The van der Waals surface area contributed by atoms with E-state index >= 15 is 0 Å². The molecule has 0 aromatic heterocycles. The number of ether oxygens (including phenoxy) is 1. The van der Waals surface area contributed by atoms with E-state index in [2.05, 4.69) is 0 Å². The Labute approximate surface area is 117 Å². The number of hydrogen-bond acceptors (Lipinski definition) is 4. The van der Waals surface area contributed by atoms with E-state index in [1.54, 1.807) is 31.2 Å². The molecule has 0 amide bonds. The van der Waals surface area contributed by atoms with Crippen LogP contribution in [-0.4, -0.2) is 23.1 Å². The van der Waals surface area contributed by atoms with Crippen LogP contribution in [0.25, 0.3) is 11.1 Å². The maximum absolute atomic E-state index is 12.1.